The first-order chi connectivity index (χ1) is 10.1. The topological polar surface area (TPSA) is 70.6 Å². The summed E-state index contributed by atoms with van der Waals surface area (Å²) in [6, 6.07) is 7.58. The third-order valence-corrected chi connectivity index (χ3v) is 4.61. The maximum Gasteiger partial charge on any atom is 0.283 e. The Morgan fingerprint density at radius 3 is 2.67 bits per heavy atom. The van der Waals surface area contributed by atoms with Crippen molar-refractivity contribution in [3.8, 4) is 0 Å². The van der Waals surface area contributed by atoms with Gasteiger partial charge in [-0.2, -0.15) is 5.10 Å². The largest absolute Gasteiger partial charge is 0.317 e. The van der Waals surface area contributed by atoms with Crippen molar-refractivity contribution >= 4 is 34.3 Å². The van der Waals surface area contributed by atoms with Crippen molar-refractivity contribution in [3.05, 3.63) is 29.8 Å². The molecule has 1 atom stereocenters. The molecule has 1 aliphatic carbocycles. The van der Waals surface area contributed by atoms with Gasteiger partial charge in [-0.3, -0.25) is 9.59 Å². The molecule has 6 heteroatoms. The molecule has 0 aromatic heterocycles. The first-order valence-corrected chi connectivity index (χ1v) is 7.94. The summed E-state index contributed by atoms with van der Waals surface area (Å²) in [7, 11) is 0. The van der Waals surface area contributed by atoms with Gasteiger partial charge in [0.2, 0.25) is 5.91 Å². The second-order valence-electron chi connectivity index (χ2n) is 5.44. The fraction of sp³-hybridized carbons (Fsp3) is 0.400. The monoisotopic (exact) mass is 303 g/mol. The average molecular weight is 303 g/mol. The number of anilines is 1. The molecule has 0 spiro atoms. The summed E-state index contributed by atoms with van der Waals surface area (Å²) in [6.07, 6.45) is 2.73. The van der Waals surface area contributed by atoms with Crippen LogP contribution in [0.4, 0.5) is 10.5 Å². The number of benzene rings is 1. The van der Waals surface area contributed by atoms with Crippen LogP contribution in [-0.4, -0.2) is 22.1 Å². The van der Waals surface area contributed by atoms with Crippen LogP contribution in [0.3, 0.4) is 0 Å². The lowest BCUT2D eigenvalue weighted by molar-refractivity contribution is -0.121. The number of hydrazone groups is 1. The number of hydrogen-bond donors (Lipinski definition) is 2. The van der Waals surface area contributed by atoms with E-state index in [0.717, 1.165) is 29.8 Å². The summed E-state index contributed by atoms with van der Waals surface area (Å²) in [5.74, 6) is 0.0526. The highest BCUT2D eigenvalue weighted by Gasteiger charge is 2.25. The summed E-state index contributed by atoms with van der Waals surface area (Å²) in [5.41, 5.74) is 5.14. The summed E-state index contributed by atoms with van der Waals surface area (Å²) >= 11 is 1.37. The number of nitrogens with one attached hydrogen (secondary N) is 2. The van der Waals surface area contributed by atoms with Crippen LogP contribution in [0.15, 0.2) is 29.4 Å². The zero-order valence-electron chi connectivity index (χ0n) is 11.8. The third kappa shape index (κ3) is 3.64. The first kappa shape index (κ1) is 14.1. The summed E-state index contributed by atoms with van der Waals surface area (Å²) in [5, 5.41) is 7.51. The molecule has 1 heterocycles. The highest BCUT2D eigenvalue weighted by atomic mass is 32.2. The summed E-state index contributed by atoms with van der Waals surface area (Å²) in [6.45, 7) is 1.99. The minimum absolute atomic E-state index is 0.000823. The molecule has 1 aliphatic heterocycles. The van der Waals surface area contributed by atoms with E-state index in [1.807, 2.05) is 31.2 Å². The second kappa shape index (κ2) is 5.89. The Labute approximate surface area is 127 Å². The number of rotatable bonds is 3. The number of carbonyl (C=O) groups is 2. The highest BCUT2D eigenvalue weighted by Crippen LogP contribution is 2.35. The molecule has 2 N–H and O–H groups in total. The predicted molar refractivity (Wildman–Crippen MR) is 84.5 cm³/mol. The lowest BCUT2D eigenvalue weighted by Gasteiger charge is -2.19. The van der Waals surface area contributed by atoms with Crippen molar-refractivity contribution in [2.75, 3.05) is 5.32 Å². The minimum atomic E-state index is -0.0489. The Bertz CT molecular complexity index is 593. The minimum Gasteiger partial charge on any atom is -0.317 e. The Morgan fingerprint density at radius 1 is 1.33 bits per heavy atom. The van der Waals surface area contributed by atoms with Crippen LogP contribution in [0, 0.1) is 5.92 Å². The third-order valence-electron chi connectivity index (χ3n) is 3.48. The zero-order valence-corrected chi connectivity index (χ0v) is 12.6. The molecule has 110 valence electrons. The number of carbonyl (C=O) groups excluding carboxylic acids is 2. The molecule has 0 saturated heterocycles. The first-order valence-electron chi connectivity index (χ1n) is 7.06. The number of thioether (sulfide) groups is 1. The van der Waals surface area contributed by atoms with E-state index < -0.39 is 0 Å². The normalized spacial score (nSPS) is 21.5. The number of hydrogen-bond acceptors (Lipinski definition) is 4. The summed E-state index contributed by atoms with van der Waals surface area (Å²) in [4.78, 5) is 23.0. The molecular weight excluding hydrogens is 286 g/mol. The van der Waals surface area contributed by atoms with Gasteiger partial charge in [0.15, 0.2) is 0 Å². The van der Waals surface area contributed by atoms with Gasteiger partial charge in [-0.25, -0.2) is 5.43 Å². The molecule has 21 heavy (non-hydrogen) atoms. The maximum absolute atomic E-state index is 11.7. The van der Waals surface area contributed by atoms with E-state index >= 15 is 0 Å². The molecule has 2 amide bonds. The fourth-order valence-electron chi connectivity index (χ4n) is 2.21. The molecule has 1 aromatic carbocycles. The van der Waals surface area contributed by atoms with Crippen molar-refractivity contribution in [3.63, 3.8) is 0 Å². The lowest BCUT2D eigenvalue weighted by atomic mass is 9.94. The molecule has 1 unspecified atom stereocenters. The molecule has 0 bridgehead atoms. The quantitative estimate of drug-likeness (QED) is 0.902. The van der Waals surface area contributed by atoms with Crippen molar-refractivity contribution in [1.82, 2.24) is 5.43 Å². The van der Waals surface area contributed by atoms with Crippen LogP contribution in [0.5, 0.6) is 0 Å². The van der Waals surface area contributed by atoms with Crippen molar-refractivity contribution < 1.29 is 9.59 Å². The lowest BCUT2D eigenvalue weighted by Crippen LogP contribution is -2.31. The van der Waals surface area contributed by atoms with Crippen LogP contribution in [-0.2, 0) is 4.79 Å². The van der Waals surface area contributed by atoms with Crippen LogP contribution in [0.25, 0.3) is 0 Å². The molecule has 2 aliphatic rings. The van der Waals surface area contributed by atoms with Crippen molar-refractivity contribution in [1.29, 1.82) is 0 Å². The van der Waals surface area contributed by atoms with E-state index in [9.17, 15) is 9.59 Å². The zero-order chi connectivity index (χ0) is 14.8. The van der Waals surface area contributed by atoms with E-state index in [0.29, 0.717) is 11.7 Å². The van der Waals surface area contributed by atoms with Crippen LogP contribution in [0.2, 0.25) is 0 Å². The van der Waals surface area contributed by atoms with E-state index in [2.05, 4.69) is 15.8 Å². The van der Waals surface area contributed by atoms with E-state index in [-0.39, 0.29) is 17.1 Å². The van der Waals surface area contributed by atoms with E-state index in [1.165, 1.54) is 11.8 Å². The Balaban J connectivity index is 1.66. The molecule has 0 radical (unpaired) electrons. The highest BCUT2D eigenvalue weighted by molar-refractivity contribution is 8.14. The van der Waals surface area contributed by atoms with E-state index in [4.69, 9.17) is 0 Å². The van der Waals surface area contributed by atoms with Crippen LogP contribution >= 0.6 is 11.8 Å². The van der Waals surface area contributed by atoms with Gasteiger partial charge < -0.3 is 5.32 Å². The Kier molecular flexibility index (Phi) is 3.96. The van der Waals surface area contributed by atoms with Gasteiger partial charge in [0.05, 0.1) is 5.71 Å². The molecule has 1 aromatic rings. The SMILES string of the molecule is CC1CC(=O)NN=C1c1ccc(NC(=O)SC2CC2)cc1. The van der Waals surface area contributed by atoms with Crippen molar-refractivity contribution in [2.24, 2.45) is 11.0 Å². The van der Waals surface area contributed by atoms with Gasteiger partial charge in [-0.05, 0) is 30.5 Å². The van der Waals surface area contributed by atoms with Crippen molar-refractivity contribution in [2.45, 2.75) is 31.4 Å². The Hall–Kier alpha value is -1.82. The maximum atomic E-state index is 11.7. The van der Waals surface area contributed by atoms with Gasteiger partial charge in [0, 0.05) is 23.3 Å². The molecule has 3 rings (SSSR count). The predicted octanol–water partition coefficient (Wildman–Crippen LogP) is 2.97. The fourth-order valence-corrected chi connectivity index (χ4v) is 3.06. The molecule has 1 saturated carbocycles. The van der Waals surface area contributed by atoms with Gasteiger partial charge in [0.25, 0.3) is 5.24 Å². The second-order valence-corrected chi connectivity index (χ2v) is 6.72. The standard InChI is InChI=1S/C15H17N3O2S/c1-9-8-13(19)17-18-14(9)10-2-4-11(5-3-10)16-15(20)21-12-6-7-12/h2-5,9,12H,6-8H2,1H3,(H,16,20)(H,17,19). The number of amides is 2. The Morgan fingerprint density at radius 2 is 2.05 bits per heavy atom. The van der Waals surface area contributed by atoms with Gasteiger partial charge in [-0.1, -0.05) is 30.8 Å². The van der Waals surface area contributed by atoms with Crippen LogP contribution in [0.1, 0.15) is 31.7 Å². The average Bonchev–Trinajstić information content (AvgIpc) is 3.24. The smallest absolute Gasteiger partial charge is 0.283 e. The van der Waals surface area contributed by atoms with Gasteiger partial charge in [0.1, 0.15) is 0 Å². The van der Waals surface area contributed by atoms with Crippen LogP contribution < -0.4 is 10.7 Å². The van der Waals surface area contributed by atoms with Gasteiger partial charge in [-0.15, -0.1) is 0 Å². The molecule has 1 fully saturated rings. The summed E-state index contributed by atoms with van der Waals surface area (Å²) < 4.78 is 0. The molecular formula is C15H17N3O2S. The molecule has 5 nitrogen and oxygen atoms in total. The van der Waals surface area contributed by atoms with E-state index in [1.54, 1.807) is 0 Å². The number of nitrogens with zero attached hydrogens (tertiary/aromatic N) is 1. The van der Waals surface area contributed by atoms with Gasteiger partial charge >= 0.3 is 0 Å².